The first-order valence-corrected chi connectivity index (χ1v) is 4.64. The highest BCUT2D eigenvalue weighted by atomic mass is 16.7. The van der Waals surface area contributed by atoms with Gasteiger partial charge in [0.05, 0.1) is 25.9 Å². The van der Waals surface area contributed by atoms with Crippen LogP contribution in [0, 0.1) is 0 Å². The second kappa shape index (κ2) is 4.91. The van der Waals surface area contributed by atoms with Gasteiger partial charge in [0.1, 0.15) is 0 Å². The monoisotopic (exact) mass is 189 g/mol. The van der Waals surface area contributed by atoms with Gasteiger partial charge in [-0.15, -0.1) is 0 Å². The first-order chi connectivity index (χ1) is 6.14. The molecule has 0 spiro atoms. The molecule has 13 heavy (non-hydrogen) atoms. The van der Waals surface area contributed by atoms with Crippen molar-refractivity contribution in [2.75, 3.05) is 33.5 Å². The standard InChI is InChI=1S/C9H19NO3/c1-9(2)12-6-8(7-13-9)10-4-5-11-3/h8,10H,4-7H2,1-3H3. The SMILES string of the molecule is COCCNC1COC(C)(C)OC1. The van der Waals surface area contributed by atoms with Gasteiger partial charge in [0.15, 0.2) is 5.79 Å². The molecule has 0 unspecified atom stereocenters. The molecule has 0 bridgehead atoms. The van der Waals surface area contributed by atoms with Crippen LogP contribution in [0.3, 0.4) is 0 Å². The molecule has 1 aliphatic heterocycles. The van der Waals surface area contributed by atoms with Crippen LogP contribution in [0.2, 0.25) is 0 Å². The van der Waals surface area contributed by atoms with E-state index in [0.717, 1.165) is 13.2 Å². The van der Waals surface area contributed by atoms with Gasteiger partial charge in [-0.05, 0) is 13.8 Å². The van der Waals surface area contributed by atoms with E-state index < -0.39 is 5.79 Å². The van der Waals surface area contributed by atoms with Crippen molar-refractivity contribution in [1.29, 1.82) is 0 Å². The summed E-state index contributed by atoms with van der Waals surface area (Å²) in [6, 6.07) is 0.295. The summed E-state index contributed by atoms with van der Waals surface area (Å²) in [5.74, 6) is -0.417. The van der Waals surface area contributed by atoms with Crippen molar-refractivity contribution in [1.82, 2.24) is 5.32 Å². The van der Waals surface area contributed by atoms with E-state index in [1.54, 1.807) is 7.11 Å². The highest BCUT2D eigenvalue weighted by Crippen LogP contribution is 2.16. The van der Waals surface area contributed by atoms with Gasteiger partial charge in [-0.3, -0.25) is 0 Å². The van der Waals surface area contributed by atoms with Gasteiger partial charge in [0, 0.05) is 13.7 Å². The minimum absolute atomic E-state index is 0.295. The molecule has 4 heteroatoms. The summed E-state index contributed by atoms with van der Waals surface area (Å²) in [5, 5.41) is 3.29. The van der Waals surface area contributed by atoms with E-state index in [2.05, 4.69) is 5.32 Å². The second-order valence-electron chi connectivity index (χ2n) is 3.67. The van der Waals surface area contributed by atoms with Crippen molar-refractivity contribution in [3.8, 4) is 0 Å². The molecule has 4 nitrogen and oxygen atoms in total. The fourth-order valence-electron chi connectivity index (χ4n) is 1.18. The maximum atomic E-state index is 5.48. The average Bonchev–Trinajstić information content (AvgIpc) is 2.08. The lowest BCUT2D eigenvalue weighted by atomic mass is 10.2. The van der Waals surface area contributed by atoms with Gasteiger partial charge in [-0.1, -0.05) is 0 Å². The molecule has 1 saturated heterocycles. The smallest absolute Gasteiger partial charge is 0.162 e. The number of nitrogens with one attached hydrogen (secondary N) is 1. The number of methoxy groups -OCH3 is 1. The third-order valence-corrected chi connectivity index (χ3v) is 2.00. The zero-order chi connectivity index (χ0) is 9.73. The quantitative estimate of drug-likeness (QED) is 0.649. The van der Waals surface area contributed by atoms with Crippen LogP contribution in [0.4, 0.5) is 0 Å². The second-order valence-corrected chi connectivity index (χ2v) is 3.67. The Balaban J connectivity index is 2.11. The van der Waals surface area contributed by atoms with E-state index in [-0.39, 0.29) is 0 Å². The molecule has 0 saturated carbocycles. The Hall–Kier alpha value is -0.160. The highest BCUT2D eigenvalue weighted by Gasteiger charge is 2.27. The predicted molar refractivity (Wildman–Crippen MR) is 49.6 cm³/mol. The Morgan fingerprint density at radius 1 is 1.38 bits per heavy atom. The number of rotatable bonds is 4. The summed E-state index contributed by atoms with van der Waals surface area (Å²) in [6.07, 6.45) is 0. The lowest BCUT2D eigenvalue weighted by Crippen LogP contribution is -2.49. The normalized spacial score (nSPS) is 23.3. The molecule has 1 rings (SSSR count). The zero-order valence-corrected chi connectivity index (χ0v) is 8.63. The van der Waals surface area contributed by atoms with E-state index in [4.69, 9.17) is 14.2 Å². The average molecular weight is 189 g/mol. The van der Waals surface area contributed by atoms with Gasteiger partial charge in [0.2, 0.25) is 0 Å². The number of hydrogen-bond acceptors (Lipinski definition) is 4. The molecule has 0 atom stereocenters. The maximum absolute atomic E-state index is 5.48. The topological polar surface area (TPSA) is 39.7 Å². The van der Waals surface area contributed by atoms with E-state index in [9.17, 15) is 0 Å². The summed E-state index contributed by atoms with van der Waals surface area (Å²) in [7, 11) is 1.69. The Kier molecular flexibility index (Phi) is 4.12. The molecule has 0 amide bonds. The third-order valence-electron chi connectivity index (χ3n) is 2.00. The van der Waals surface area contributed by atoms with Gasteiger partial charge in [-0.25, -0.2) is 0 Å². The van der Waals surface area contributed by atoms with E-state index in [1.807, 2.05) is 13.8 Å². The molecule has 0 aromatic carbocycles. The molecule has 1 fully saturated rings. The summed E-state index contributed by atoms with van der Waals surface area (Å²) < 4.78 is 15.9. The third kappa shape index (κ3) is 4.04. The van der Waals surface area contributed by atoms with Crippen LogP contribution in [0.15, 0.2) is 0 Å². The molecule has 0 aromatic heterocycles. The first-order valence-electron chi connectivity index (χ1n) is 4.64. The van der Waals surface area contributed by atoms with Gasteiger partial charge in [-0.2, -0.15) is 0 Å². The van der Waals surface area contributed by atoms with Crippen molar-refractivity contribution in [3.63, 3.8) is 0 Å². The van der Waals surface area contributed by atoms with Crippen LogP contribution < -0.4 is 5.32 Å². The van der Waals surface area contributed by atoms with Crippen molar-refractivity contribution in [3.05, 3.63) is 0 Å². The predicted octanol–water partition coefficient (Wildman–Crippen LogP) is 0.374. The van der Waals surface area contributed by atoms with Crippen LogP contribution in [-0.2, 0) is 14.2 Å². The van der Waals surface area contributed by atoms with E-state index in [1.165, 1.54) is 0 Å². The Morgan fingerprint density at radius 3 is 2.54 bits per heavy atom. The van der Waals surface area contributed by atoms with Crippen LogP contribution in [0.5, 0.6) is 0 Å². The van der Waals surface area contributed by atoms with Crippen molar-refractivity contribution in [2.24, 2.45) is 0 Å². The molecule has 0 radical (unpaired) electrons. The van der Waals surface area contributed by atoms with Crippen molar-refractivity contribution in [2.45, 2.75) is 25.7 Å². The first kappa shape index (κ1) is 10.9. The summed E-state index contributed by atoms with van der Waals surface area (Å²) in [5.41, 5.74) is 0. The number of ether oxygens (including phenoxy) is 3. The number of hydrogen-bond donors (Lipinski definition) is 1. The summed E-state index contributed by atoms with van der Waals surface area (Å²) >= 11 is 0. The molecule has 1 aliphatic rings. The van der Waals surface area contributed by atoms with Gasteiger partial charge < -0.3 is 19.5 Å². The van der Waals surface area contributed by atoms with Gasteiger partial charge in [0.25, 0.3) is 0 Å². The molecule has 0 aromatic rings. The largest absolute Gasteiger partial charge is 0.383 e. The maximum Gasteiger partial charge on any atom is 0.162 e. The molecule has 0 aliphatic carbocycles. The lowest BCUT2D eigenvalue weighted by molar-refractivity contribution is -0.252. The fraction of sp³-hybridized carbons (Fsp3) is 1.00. The van der Waals surface area contributed by atoms with E-state index in [0.29, 0.717) is 19.3 Å². The molecule has 78 valence electrons. The van der Waals surface area contributed by atoms with Crippen LogP contribution in [0.1, 0.15) is 13.8 Å². The zero-order valence-electron chi connectivity index (χ0n) is 8.63. The Bertz CT molecular complexity index is 140. The minimum Gasteiger partial charge on any atom is -0.383 e. The van der Waals surface area contributed by atoms with Crippen LogP contribution in [-0.4, -0.2) is 45.3 Å². The Morgan fingerprint density at radius 2 is 2.00 bits per heavy atom. The van der Waals surface area contributed by atoms with E-state index >= 15 is 0 Å². The minimum atomic E-state index is -0.417. The summed E-state index contributed by atoms with van der Waals surface area (Å²) in [4.78, 5) is 0. The lowest BCUT2D eigenvalue weighted by Gasteiger charge is -2.35. The van der Waals surface area contributed by atoms with Crippen LogP contribution in [0.25, 0.3) is 0 Å². The van der Waals surface area contributed by atoms with Crippen molar-refractivity contribution >= 4 is 0 Å². The van der Waals surface area contributed by atoms with Crippen molar-refractivity contribution < 1.29 is 14.2 Å². The molecule has 1 N–H and O–H groups in total. The Labute approximate surface area is 79.5 Å². The van der Waals surface area contributed by atoms with Crippen LogP contribution >= 0.6 is 0 Å². The molecular formula is C9H19NO3. The molecule has 1 heterocycles. The van der Waals surface area contributed by atoms with Gasteiger partial charge >= 0.3 is 0 Å². The summed E-state index contributed by atoms with van der Waals surface area (Å²) in [6.45, 7) is 6.83. The fourth-order valence-corrected chi connectivity index (χ4v) is 1.18. The highest BCUT2D eigenvalue weighted by molar-refractivity contribution is 4.72. The molecular weight excluding hydrogens is 170 g/mol.